The number of hydrogen-bond acceptors (Lipinski definition) is 10. The molecule has 1 saturated heterocycles. The van der Waals surface area contributed by atoms with E-state index < -0.39 is 80.0 Å². The number of aromatic nitrogens is 1. The molecule has 0 bridgehead atoms. The number of alkyl carbamates (subject to hydrolysis) is 1. The van der Waals surface area contributed by atoms with Crippen molar-refractivity contribution in [3.63, 3.8) is 0 Å². The number of amides is 4. The van der Waals surface area contributed by atoms with Gasteiger partial charge in [0.25, 0.3) is 5.91 Å². The first-order valence-electron chi connectivity index (χ1n) is 20.4. The Bertz CT molecular complexity index is 2150. The number of alkyl halides is 1. The van der Waals surface area contributed by atoms with E-state index in [1.54, 1.807) is 39.0 Å². The molecule has 1 unspecified atom stereocenters. The molecule has 58 heavy (non-hydrogen) atoms. The number of benzene rings is 1. The summed E-state index contributed by atoms with van der Waals surface area (Å²) in [6.07, 6.45) is 4.48. The van der Waals surface area contributed by atoms with E-state index >= 15 is 4.39 Å². The lowest BCUT2D eigenvalue weighted by Crippen LogP contribution is -2.58. The molecule has 3 N–H and O–H groups in total. The van der Waals surface area contributed by atoms with Gasteiger partial charge in [-0.15, -0.1) is 0 Å². The molecule has 3 fully saturated rings. The maximum absolute atomic E-state index is 16.8. The van der Waals surface area contributed by atoms with Gasteiger partial charge in [-0.3, -0.25) is 19.1 Å². The third-order valence-electron chi connectivity index (χ3n) is 12.9. The fourth-order valence-electron chi connectivity index (χ4n) is 8.35. The number of carbonyl (C=O) groups excluding carboxylic acids is 4. The zero-order chi connectivity index (χ0) is 42.0. The summed E-state index contributed by atoms with van der Waals surface area (Å²) in [5, 5.41) is 6.16. The number of nitrogens with one attached hydrogen (secondary N) is 3. The summed E-state index contributed by atoms with van der Waals surface area (Å²) in [4.78, 5) is 62.9. The molecule has 1 aromatic heterocycles. The van der Waals surface area contributed by atoms with Crippen molar-refractivity contribution in [2.75, 3.05) is 13.7 Å². The molecule has 0 radical (unpaired) electrons. The van der Waals surface area contributed by atoms with Crippen molar-refractivity contribution in [3.05, 3.63) is 41.6 Å². The molecule has 2 aromatic rings. The smallest absolute Gasteiger partial charge is 0.408 e. The number of carbonyl (C=O) groups is 4. The largest absolute Gasteiger partial charge is 0.497 e. The lowest BCUT2D eigenvalue weighted by molar-refractivity contribution is -0.141. The Balaban J connectivity index is 1.25. The SMILES string of the molecule is COc1ccc2nc(C)c3c(c2c1)[C@H](F)C[C@]1(C[C@H]2C(=O)N[C@]4(C(=O)NS(=O)(=O)C5(C)CC5)C[C@H]4/C=C\CCCCC[C@H](NC(=O)OC(C)C(C)(C)C)C(=O)N2C1)O3. The monoisotopic (exact) mass is 825 g/mol. The number of methoxy groups -OCH3 is 1. The van der Waals surface area contributed by atoms with Crippen LogP contribution in [-0.2, 0) is 29.1 Å². The van der Waals surface area contributed by atoms with Crippen LogP contribution < -0.4 is 24.8 Å². The van der Waals surface area contributed by atoms with E-state index in [0.717, 1.165) is 12.8 Å². The molecular weight excluding hydrogens is 770 g/mol. The van der Waals surface area contributed by atoms with Crippen molar-refractivity contribution in [2.45, 2.75) is 146 Å². The van der Waals surface area contributed by atoms with Crippen LogP contribution >= 0.6 is 0 Å². The second-order valence-corrected chi connectivity index (χ2v) is 20.5. The summed E-state index contributed by atoms with van der Waals surface area (Å²) in [7, 11) is -2.53. The van der Waals surface area contributed by atoms with Crippen LogP contribution in [0.3, 0.4) is 0 Å². The minimum Gasteiger partial charge on any atom is -0.497 e. The average molecular weight is 826 g/mol. The van der Waals surface area contributed by atoms with Crippen molar-refractivity contribution in [3.8, 4) is 11.5 Å². The Kier molecular flexibility index (Phi) is 10.8. The van der Waals surface area contributed by atoms with E-state index in [4.69, 9.17) is 14.2 Å². The number of aryl methyl sites for hydroxylation is 1. The lowest BCUT2D eigenvalue weighted by Gasteiger charge is -2.38. The predicted octanol–water partition coefficient (Wildman–Crippen LogP) is 5.61. The van der Waals surface area contributed by atoms with Crippen LogP contribution in [0.25, 0.3) is 10.9 Å². The Morgan fingerprint density at radius 2 is 1.86 bits per heavy atom. The fourth-order valence-corrected chi connectivity index (χ4v) is 9.66. The van der Waals surface area contributed by atoms with Gasteiger partial charge in [-0.25, -0.2) is 22.6 Å². The van der Waals surface area contributed by atoms with E-state index in [0.29, 0.717) is 53.6 Å². The van der Waals surface area contributed by atoms with Gasteiger partial charge in [-0.1, -0.05) is 45.8 Å². The Hall–Kier alpha value is -4.47. The van der Waals surface area contributed by atoms with Gasteiger partial charge in [-0.2, -0.15) is 0 Å². The van der Waals surface area contributed by atoms with Gasteiger partial charge in [0.2, 0.25) is 21.8 Å². The molecule has 1 spiro atoms. The van der Waals surface area contributed by atoms with Crippen LogP contribution in [0.15, 0.2) is 30.4 Å². The highest BCUT2D eigenvalue weighted by molar-refractivity contribution is 7.91. The zero-order valence-electron chi connectivity index (χ0n) is 34.4. The second-order valence-electron chi connectivity index (χ2n) is 18.3. The topological polar surface area (TPSA) is 182 Å². The summed E-state index contributed by atoms with van der Waals surface area (Å²) in [6, 6.07) is 2.82. The minimum absolute atomic E-state index is 0.146. The molecule has 14 nitrogen and oxygen atoms in total. The van der Waals surface area contributed by atoms with Crippen LogP contribution in [0.1, 0.15) is 116 Å². The number of allylic oxidation sites excluding steroid dienone is 1. The standard InChI is InChI=1S/C42H56FN5O9S/c1-24-34-33(28-19-27(55-7)15-16-30(28)44-24)29(43)21-41(57-34)22-32-35(49)46-42(37(51)47-58(53,54)40(6)17-18-40)20-26(42)13-11-9-8-10-12-14-31(36(50)48(32)23-41)45-38(52)56-25(2)39(3,4)5/h11,13,15-16,19,25-26,29,31-32H,8-10,12,14,17-18,20-23H2,1-7H3,(H,45,52)(H,46,49)(H,47,51)/b13-11-/t25?,26-,29-,31+,32+,41-,42-/m1/s1. The zero-order valence-corrected chi connectivity index (χ0v) is 35.2. The summed E-state index contributed by atoms with van der Waals surface area (Å²) >= 11 is 0. The fraction of sp³-hybridized carbons (Fsp3) is 0.643. The van der Waals surface area contributed by atoms with Gasteiger partial charge in [0.05, 0.1) is 29.6 Å². The van der Waals surface area contributed by atoms with Crippen molar-refractivity contribution >= 4 is 44.7 Å². The van der Waals surface area contributed by atoms with Crippen molar-refractivity contribution in [2.24, 2.45) is 11.3 Å². The number of sulfonamides is 1. The summed E-state index contributed by atoms with van der Waals surface area (Å²) in [6.45, 7) is 10.6. The average Bonchev–Trinajstić information content (AvgIpc) is 4.04. The third kappa shape index (κ3) is 7.84. The van der Waals surface area contributed by atoms with E-state index in [2.05, 4.69) is 20.3 Å². The van der Waals surface area contributed by atoms with Gasteiger partial charge < -0.3 is 29.7 Å². The Morgan fingerprint density at radius 1 is 1.12 bits per heavy atom. The number of pyridine rings is 1. The first-order chi connectivity index (χ1) is 27.2. The normalized spacial score (nSPS) is 30.6. The quantitative estimate of drug-likeness (QED) is 0.310. The molecule has 16 heteroatoms. The highest BCUT2D eigenvalue weighted by Crippen LogP contribution is 2.52. The number of hydrogen-bond donors (Lipinski definition) is 3. The first-order valence-corrected chi connectivity index (χ1v) is 21.8. The van der Waals surface area contributed by atoms with Crippen LogP contribution in [0.4, 0.5) is 9.18 Å². The van der Waals surface area contributed by atoms with Gasteiger partial charge >= 0.3 is 6.09 Å². The van der Waals surface area contributed by atoms with E-state index in [1.807, 2.05) is 32.9 Å². The Morgan fingerprint density at radius 3 is 2.55 bits per heavy atom. The third-order valence-corrected chi connectivity index (χ3v) is 15.1. The molecule has 2 saturated carbocycles. The van der Waals surface area contributed by atoms with Crippen LogP contribution in [0.5, 0.6) is 11.5 Å². The molecule has 7 rings (SSSR count). The summed E-state index contributed by atoms with van der Waals surface area (Å²) < 4.78 is 62.3. The highest BCUT2D eigenvalue weighted by atomic mass is 32.2. The molecule has 5 aliphatic rings. The van der Waals surface area contributed by atoms with Crippen molar-refractivity contribution in [1.82, 2.24) is 25.2 Å². The number of ether oxygens (including phenoxy) is 3. The molecular formula is C42H56FN5O9S. The lowest BCUT2D eigenvalue weighted by atomic mass is 9.86. The van der Waals surface area contributed by atoms with Crippen molar-refractivity contribution in [1.29, 1.82) is 0 Å². The predicted molar refractivity (Wildman–Crippen MR) is 213 cm³/mol. The summed E-state index contributed by atoms with van der Waals surface area (Å²) in [5.41, 5.74) is -2.08. The highest BCUT2D eigenvalue weighted by Gasteiger charge is 2.64. The van der Waals surface area contributed by atoms with Gasteiger partial charge in [0.1, 0.15) is 47.0 Å². The molecule has 316 valence electrons. The van der Waals surface area contributed by atoms with E-state index in [9.17, 15) is 27.6 Å². The minimum atomic E-state index is -4.04. The second kappa shape index (κ2) is 15.0. The first kappa shape index (κ1) is 41.7. The van der Waals surface area contributed by atoms with Crippen LogP contribution in [-0.4, -0.2) is 89.8 Å². The van der Waals surface area contributed by atoms with E-state index in [-0.39, 0.29) is 43.4 Å². The molecule has 4 heterocycles. The van der Waals surface area contributed by atoms with Crippen LogP contribution in [0, 0.1) is 18.3 Å². The van der Waals surface area contributed by atoms with Crippen LogP contribution in [0.2, 0.25) is 0 Å². The van der Waals surface area contributed by atoms with Crippen molar-refractivity contribution < 1.29 is 46.2 Å². The number of halogens is 1. The number of fused-ring (bicyclic) bond motifs is 5. The molecule has 7 atom stereocenters. The maximum atomic E-state index is 16.8. The van der Waals surface area contributed by atoms with Gasteiger partial charge in [0, 0.05) is 29.7 Å². The maximum Gasteiger partial charge on any atom is 0.408 e. The molecule has 3 aliphatic heterocycles. The van der Waals surface area contributed by atoms with E-state index in [1.165, 1.54) is 12.0 Å². The summed E-state index contributed by atoms with van der Waals surface area (Å²) in [5.74, 6) is -1.91. The molecule has 1 aromatic carbocycles. The number of nitrogens with zero attached hydrogens (tertiary/aromatic N) is 2. The Labute approximate surface area is 339 Å². The molecule has 2 aliphatic carbocycles. The number of rotatable bonds is 6. The van der Waals surface area contributed by atoms with Gasteiger partial charge in [-0.05, 0) is 82.9 Å². The van der Waals surface area contributed by atoms with Gasteiger partial charge in [0.15, 0.2) is 0 Å². The molecule has 4 amide bonds.